The third kappa shape index (κ3) is 4.06. The maximum absolute atomic E-state index is 12.9. The van der Waals surface area contributed by atoms with E-state index in [0.717, 1.165) is 25.3 Å². The fourth-order valence-corrected chi connectivity index (χ4v) is 4.32. The number of aryl methyl sites for hydroxylation is 2. The van der Waals surface area contributed by atoms with E-state index < -0.39 is 0 Å². The molecule has 2 heterocycles. The van der Waals surface area contributed by atoms with Gasteiger partial charge >= 0.3 is 0 Å². The molecule has 0 spiro atoms. The molecule has 3 rings (SSSR count). The summed E-state index contributed by atoms with van der Waals surface area (Å²) in [5.41, 5.74) is 3.46. The van der Waals surface area contributed by atoms with E-state index in [1.807, 2.05) is 18.7 Å². The number of nitrogens with zero attached hydrogens (tertiary/aromatic N) is 3. The Morgan fingerprint density at radius 2 is 2.08 bits per heavy atom. The molecule has 25 heavy (non-hydrogen) atoms. The number of nitrogens with one attached hydrogen (secondary N) is 1. The zero-order valence-electron chi connectivity index (χ0n) is 16.0. The predicted molar refractivity (Wildman–Crippen MR) is 97.6 cm³/mol. The standard InChI is InChI=1S/C19H32N4O2/c1-13(11-17-14(2)21-22(4)15(17)3)20-19(24)18-12-25-10-9-23(18)16-7-5-6-8-16/h13,16,18H,5-12H2,1-4H3,(H,20,24)/t13-,18-/m0/s1. The first-order chi connectivity index (χ1) is 12.0. The van der Waals surface area contributed by atoms with Crippen molar-refractivity contribution in [1.82, 2.24) is 20.0 Å². The molecule has 0 bridgehead atoms. The molecule has 1 amide bonds. The molecule has 140 valence electrons. The second-order valence-corrected chi connectivity index (χ2v) is 7.65. The molecule has 0 unspecified atom stereocenters. The molecule has 2 aliphatic rings. The van der Waals surface area contributed by atoms with Gasteiger partial charge in [-0.25, -0.2) is 0 Å². The first-order valence-corrected chi connectivity index (χ1v) is 9.60. The molecule has 2 atom stereocenters. The Morgan fingerprint density at radius 1 is 1.36 bits per heavy atom. The van der Waals surface area contributed by atoms with E-state index in [0.29, 0.717) is 12.6 Å². The fraction of sp³-hybridized carbons (Fsp3) is 0.789. The van der Waals surface area contributed by atoms with E-state index >= 15 is 0 Å². The van der Waals surface area contributed by atoms with E-state index in [1.54, 1.807) is 0 Å². The summed E-state index contributed by atoms with van der Waals surface area (Å²) in [6.07, 6.45) is 5.81. The van der Waals surface area contributed by atoms with Crippen molar-refractivity contribution in [3.05, 3.63) is 17.0 Å². The van der Waals surface area contributed by atoms with Crippen molar-refractivity contribution in [1.29, 1.82) is 0 Å². The van der Waals surface area contributed by atoms with Gasteiger partial charge in [-0.2, -0.15) is 5.10 Å². The molecule has 0 aromatic carbocycles. The number of carbonyl (C=O) groups excluding carboxylic acids is 1. The van der Waals surface area contributed by atoms with Crippen LogP contribution in [0.25, 0.3) is 0 Å². The van der Waals surface area contributed by atoms with Crippen molar-refractivity contribution in [3.63, 3.8) is 0 Å². The van der Waals surface area contributed by atoms with E-state index in [4.69, 9.17) is 4.74 Å². The smallest absolute Gasteiger partial charge is 0.239 e. The number of carbonyl (C=O) groups is 1. The minimum atomic E-state index is -0.143. The highest BCUT2D eigenvalue weighted by atomic mass is 16.5. The highest BCUT2D eigenvalue weighted by molar-refractivity contribution is 5.82. The lowest BCUT2D eigenvalue weighted by Gasteiger charge is -2.39. The van der Waals surface area contributed by atoms with Gasteiger partial charge in [0.2, 0.25) is 5.91 Å². The van der Waals surface area contributed by atoms with Gasteiger partial charge in [-0.1, -0.05) is 12.8 Å². The van der Waals surface area contributed by atoms with Crippen LogP contribution in [0.4, 0.5) is 0 Å². The minimum absolute atomic E-state index is 0.0847. The third-order valence-electron chi connectivity index (χ3n) is 5.82. The maximum atomic E-state index is 12.9. The Balaban J connectivity index is 1.61. The first-order valence-electron chi connectivity index (χ1n) is 9.60. The van der Waals surface area contributed by atoms with Crippen LogP contribution in [0.5, 0.6) is 0 Å². The SMILES string of the molecule is Cc1nn(C)c(C)c1C[C@H](C)NC(=O)[C@@H]1COCCN1C1CCCC1. The Kier molecular flexibility index (Phi) is 5.79. The van der Waals surface area contributed by atoms with Crippen LogP contribution >= 0.6 is 0 Å². The highest BCUT2D eigenvalue weighted by Gasteiger charge is 2.35. The summed E-state index contributed by atoms with van der Waals surface area (Å²) in [5.74, 6) is 0.110. The maximum Gasteiger partial charge on any atom is 0.239 e. The highest BCUT2D eigenvalue weighted by Crippen LogP contribution is 2.26. The Morgan fingerprint density at radius 3 is 2.72 bits per heavy atom. The van der Waals surface area contributed by atoms with E-state index in [-0.39, 0.29) is 18.0 Å². The molecule has 1 aromatic heterocycles. The van der Waals surface area contributed by atoms with Crippen molar-refractivity contribution in [2.24, 2.45) is 7.05 Å². The number of aromatic nitrogens is 2. The molecule has 2 fully saturated rings. The number of amides is 1. The van der Waals surface area contributed by atoms with Crippen LogP contribution < -0.4 is 5.32 Å². The van der Waals surface area contributed by atoms with Crippen LogP contribution in [0, 0.1) is 13.8 Å². The van der Waals surface area contributed by atoms with Gasteiger partial charge < -0.3 is 10.1 Å². The summed E-state index contributed by atoms with van der Waals surface area (Å²) < 4.78 is 7.53. The average Bonchev–Trinajstić information content (AvgIpc) is 3.20. The van der Waals surface area contributed by atoms with Gasteiger partial charge in [0.15, 0.2) is 0 Å². The lowest BCUT2D eigenvalue weighted by atomic mass is 10.0. The van der Waals surface area contributed by atoms with Gasteiger partial charge in [0, 0.05) is 31.4 Å². The van der Waals surface area contributed by atoms with Crippen LogP contribution in [-0.2, 0) is 23.0 Å². The van der Waals surface area contributed by atoms with Crippen molar-refractivity contribution < 1.29 is 9.53 Å². The second-order valence-electron chi connectivity index (χ2n) is 7.65. The second kappa shape index (κ2) is 7.87. The van der Waals surface area contributed by atoms with Crippen molar-refractivity contribution >= 4 is 5.91 Å². The molecule has 1 aliphatic heterocycles. The lowest BCUT2D eigenvalue weighted by Crippen LogP contribution is -2.57. The first kappa shape index (κ1) is 18.4. The van der Waals surface area contributed by atoms with Gasteiger partial charge in [0.1, 0.15) is 6.04 Å². The van der Waals surface area contributed by atoms with Gasteiger partial charge in [-0.3, -0.25) is 14.4 Å². The van der Waals surface area contributed by atoms with Crippen LogP contribution in [0.2, 0.25) is 0 Å². The summed E-state index contributed by atoms with van der Waals surface area (Å²) in [5, 5.41) is 7.69. The van der Waals surface area contributed by atoms with Crippen LogP contribution in [0.3, 0.4) is 0 Å². The van der Waals surface area contributed by atoms with Gasteiger partial charge in [0.25, 0.3) is 0 Å². The summed E-state index contributed by atoms with van der Waals surface area (Å²) in [4.78, 5) is 15.3. The number of hydrogen-bond donors (Lipinski definition) is 1. The van der Waals surface area contributed by atoms with Crippen molar-refractivity contribution in [2.45, 2.75) is 71.0 Å². The zero-order chi connectivity index (χ0) is 18.0. The Hall–Kier alpha value is -1.40. The molecule has 6 heteroatoms. The largest absolute Gasteiger partial charge is 0.378 e. The normalized spacial score (nSPS) is 23.8. The van der Waals surface area contributed by atoms with Crippen LogP contribution in [0.15, 0.2) is 0 Å². The van der Waals surface area contributed by atoms with Crippen LogP contribution in [0.1, 0.15) is 49.6 Å². The number of ether oxygens (including phenoxy) is 1. The van der Waals surface area contributed by atoms with Gasteiger partial charge in [-0.05, 0) is 45.6 Å². The van der Waals surface area contributed by atoms with Crippen LogP contribution in [-0.4, -0.2) is 58.5 Å². The molecule has 1 saturated carbocycles. The monoisotopic (exact) mass is 348 g/mol. The van der Waals surface area contributed by atoms with Crippen molar-refractivity contribution in [3.8, 4) is 0 Å². The molecule has 1 aromatic rings. The molecular formula is C19H32N4O2. The summed E-state index contributed by atoms with van der Waals surface area (Å²) in [7, 11) is 1.97. The molecule has 1 aliphatic carbocycles. The topological polar surface area (TPSA) is 59.4 Å². The number of rotatable bonds is 5. The number of hydrogen-bond acceptors (Lipinski definition) is 4. The third-order valence-corrected chi connectivity index (χ3v) is 5.82. The molecular weight excluding hydrogens is 316 g/mol. The molecule has 1 saturated heterocycles. The van der Waals surface area contributed by atoms with E-state index in [9.17, 15) is 4.79 Å². The minimum Gasteiger partial charge on any atom is -0.378 e. The predicted octanol–water partition coefficient (Wildman–Crippen LogP) is 1.73. The van der Waals surface area contributed by atoms with Crippen molar-refractivity contribution in [2.75, 3.05) is 19.8 Å². The quantitative estimate of drug-likeness (QED) is 0.880. The summed E-state index contributed by atoms with van der Waals surface area (Å²) >= 11 is 0. The summed E-state index contributed by atoms with van der Waals surface area (Å²) in [6, 6.07) is 0.495. The van der Waals surface area contributed by atoms with Gasteiger partial charge in [-0.15, -0.1) is 0 Å². The number of morpholine rings is 1. The fourth-order valence-electron chi connectivity index (χ4n) is 4.32. The Labute approximate surface area is 150 Å². The molecule has 1 N–H and O–H groups in total. The van der Waals surface area contributed by atoms with Gasteiger partial charge in [0.05, 0.1) is 18.9 Å². The lowest BCUT2D eigenvalue weighted by molar-refractivity contribution is -0.135. The molecule has 6 nitrogen and oxygen atoms in total. The average molecular weight is 348 g/mol. The van der Waals surface area contributed by atoms with E-state index in [1.165, 1.54) is 36.9 Å². The Bertz CT molecular complexity index is 607. The molecule has 0 radical (unpaired) electrons. The zero-order valence-corrected chi connectivity index (χ0v) is 16.0. The summed E-state index contributed by atoms with van der Waals surface area (Å²) in [6.45, 7) is 8.32. The van der Waals surface area contributed by atoms with E-state index in [2.05, 4.69) is 29.2 Å².